The van der Waals surface area contributed by atoms with Crippen LogP contribution in [0, 0.1) is 0 Å². The first-order valence-electron chi connectivity index (χ1n) is 13.5. The van der Waals surface area contributed by atoms with Gasteiger partial charge in [0.2, 0.25) is 0 Å². The second-order valence-electron chi connectivity index (χ2n) is 9.89. The molecule has 0 N–H and O–H groups in total. The number of ether oxygens (including phenoxy) is 3. The molecule has 2 aromatic heterocycles. The summed E-state index contributed by atoms with van der Waals surface area (Å²) in [4.78, 5) is 24.7. The molecule has 1 aromatic carbocycles. The molecule has 3 aliphatic rings. The summed E-state index contributed by atoms with van der Waals surface area (Å²) in [5, 5.41) is 4.53. The average Bonchev–Trinajstić information content (AvgIpc) is 3.62. The molecule has 0 aliphatic carbocycles. The lowest BCUT2D eigenvalue weighted by Crippen LogP contribution is -2.36. The smallest absolute Gasteiger partial charge is 0.343 e. The van der Waals surface area contributed by atoms with Crippen molar-refractivity contribution in [3.05, 3.63) is 78.2 Å². The minimum absolute atomic E-state index is 0.0591. The molecule has 10 heteroatoms. The van der Waals surface area contributed by atoms with E-state index < -0.39 is 5.97 Å². The van der Waals surface area contributed by atoms with Gasteiger partial charge in [-0.3, -0.25) is 0 Å². The van der Waals surface area contributed by atoms with Crippen LogP contribution in [-0.2, 0) is 20.8 Å². The van der Waals surface area contributed by atoms with Gasteiger partial charge in [0.15, 0.2) is 5.65 Å². The predicted molar refractivity (Wildman–Crippen MR) is 151 cm³/mol. The summed E-state index contributed by atoms with van der Waals surface area (Å²) in [5.74, 6) is 1.19. The van der Waals surface area contributed by atoms with Gasteiger partial charge in [0.1, 0.15) is 23.3 Å². The van der Waals surface area contributed by atoms with Crippen molar-refractivity contribution in [2.24, 2.45) is 0 Å². The van der Waals surface area contributed by atoms with E-state index in [0.29, 0.717) is 36.7 Å². The quantitative estimate of drug-likeness (QED) is 0.266. The van der Waals surface area contributed by atoms with Crippen molar-refractivity contribution in [3.8, 4) is 22.6 Å². The number of hydrogen-bond donors (Lipinski definition) is 0. The van der Waals surface area contributed by atoms with E-state index in [2.05, 4.69) is 32.8 Å². The highest BCUT2D eigenvalue weighted by molar-refractivity contribution is 5.96. The molecule has 0 unspecified atom stereocenters. The summed E-state index contributed by atoms with van der Waals surface area (Å²) in [6.07, 6.45) is 6.20. The van der Waals surface area contributed by atoms with E-state index in [0.717, 1.165) is 34.8 Å². The number of rotatable bonds is 8. The third kappa shape index (κ3) is 4.69. The molecule has 0 saturated carbocycles. The van der Waals surface area contributed by atoms with Crippen molar-refractivity contribution in [2.45, 2.75) is 32.0 Å². The van der Waals surface area contributed by atoms with Gasteiger partial charge in [-0.25, -0.2) is 14.8 Å². The van der Waals surface area contributed by atoms with E-state index in [9.17, 15) is 4.79 Å². The lowest BCUT2D eigenvalue weighted by atomic mass is 10.0. The molecule has 1 saturated heterocycles. The lowest BCUT2D eigenvalue weighted by Gasteiger charge is -2.33. The summed E-state index contributed by atoms with van der Waals surface area (Å²) in [6, 6.07) is 16.4. The Labute approximate surface area is 232 Å². The normalized spacial score (nSPS) is 17.4. The number of hydrogen-bond acceptors (Lipinski definition) is 8. The zero-order valence-corrected chi connectivity index (χ0v) is 22.9. The van der Waals surface area contributed by atoms with Gasteiger partial charge in [-0.05, 0) is 31.0 Å². The molecule has 0 amide bonds. The molecule has 3 aromatic rings. The SMILES string of the molecule is CCOC(=O)c1cnn2c(N(C)Cc3ccccc3)cc(-c3cnc4n([C@H]5CCOC[C@@H]5OC)cccc3-4)nc12. The van der Waals surface area contributed by atoms with Gasteiger partial charge in [-0.2, -0.15) is 9.61 Å². The number of methoxy groups -OCH3 is 1. The van der Waals surface area contributed by atoms with E-state index in [1.165, 1.54) is 6.20 Å². The number of carbonyl (C=O) groups is 1. The second kappa shape index (κ2) is 11.1. The van der Waals surface area contributed by atoms with Gasteiger partial charge in [0.05, 0.1) is 31.1 Å². The number of esters is 1. The molecule has 0 spiro atoms. The topological polar surface area (TPSA) is 96.0 Å². The molecular formula is C30H32N6O4. The van der Waals surface area contributed by atoms with Crippen LogP contribution >= 0.6 is 0 Å². The Hall–Kier alpha value is -4.28. The van der Waals surface area contributed by atoms with Crippen LogP contribution in [0.2, 0.25) is 0 Å². The van der Waals surface area contributed by atoms with Crippen molar-refractivity contribution in [2.75, 3.05) is 38.9 Å². The molecule has 2 atom stereocenters. The standard InChI is InChI=1S/C30H32N6O4/c1-4-40-30(37)23-17-32-36-27(34(2)18-20-9-6-5-7-10-20)15-24(33-29(23)36)22-16-31-28-21(22)11-8-13-35(28)25-12-14-39-19-26(25)38-3/h5-11,13,15-17,25-26H,4,12,14,18-19H2,1-3H3/t25-,26-/m0/s1. The monoisotopic (exact) mass is 540 g/mol. The number of anilines is 1. The van der Waals surface area contributed by atoms with Gasteiger partial charge in [-0.15, -0.1) is 0 Å². The van der Waals surface area contributed by atoms with Gasteiger partial charge in [0.25, 0.3) is 0 Å². The van der Waals surface area contributed by atoms with Crippen LogP contribution < -0.4 is 4.90 Å². The fourth-order valence-corrected chi connectivity index (χ4v) is 5.42. The Balaban J connectivity index is 1.46. The highest BCUT2D eigenvalue weighted by Crippen LogP contribution is 2.37. The lowest BCUT2D eigenvalue weighted by molar-refractivity contribution is -0.0600. The molecule has 3 aliphatic heterocycles. The minimum Gasteiger partial charge on any atom is -0.462 e. The number of pyridine rings is 1. The number of nitrogens with zero attached hydrogens (tertiary/aromatic N) is 6. The number of benzene rings is 1. The first kappa shape index (κ1) is 26.0. The maximum atomic E-state index is 12.8. The first-order chi connectivity index (χ1) is 19.6. The Morgan fingerprint density at radius 1 is 1.15 bits per heavy atom. The molecular weight excluding hydrogens is 508 g/mol. The summed E-state index contributed by atoms with van der Waals surface area (Å²) in [5.41, 5.74) is 4.45. The molecule has 6 rings (SSSR count). The maximum Gasteiger partial charge on any atom is 0.343 e. The highest BCUT2D eigenvalue weighted by Gasteiger charge is 2.30. The van der Waals surface area contributed by atoms with Crippen molar-refractivity contribution in [3.63, 3.8) is 0 Å². The van der Waals surface area contributed by atoms with Crippen LogP contribution in [0.5, 0.6) is 0 Å². The van der Waals surface area contributed by atoms with E-state index in [1.54, 1.807) is 18.5 Å². The van der Waals surface area contributed by atoms with Crippen LogP contribution in [0.3, 0.4) is 0 Å². The zero-order chi connectivity index (χ0) is 27.6. The maximum absolute atomic E-state index is 12.8. The van der Waals surface area contributed by atoms with E-state index in [4.69, 9.17) is 24.2 Å². The Kier molecular flexibility index (Phi) is 7.19. The zero-order valence-electron chi connectivity index (χ0n) is 22.9. The first-order valence-corrected chi connectivity index (χ1v) is 13.5. The Bertz CT molecular complexity index is 1600. The van der Waals surface area contributed by atoms with Gasteiger partial charge < -0.3 is 23.7 Å². The summed E-state index contributed by atoms with van der Waals surface area (Å²) < 4.78 is 20.6. The summed E-state index contributed by atoms with van der Waals surface area (Å²) >= 11 is 0. The predicted octanol–water partition coefficient (Wildman–Crippen LogP) is 4.49. The van der Waals surface area contributed by atoms with Crippen molar-refractivity contribution in [1.82, 2.24) is 24.1 Å². The summed E-state index contributed by atoms with van der Waals surface area (Å²) in [7, 11) is 3.72. The minimum atomic E-state index is -0.452. The second-order valence-corrected chi connectivity index (χ2v) is 9.89. The van der Waals surface area contributed by atoms with Gasteiger partial charge in [-0.1, -0.05) is 30.3 Å². The summed E-state index contributed by atoms with van der Waals surface area (Å²) in [6.45, 7) is 3.92. The van der Waals surface area contributed by atoms with Crippen molar-refractivity contribution in [1.29, 1.82) is 0 Å². The average molecular weight is 541 g/mol. The van der Waals surface area contributed by atoms with Crippen LogP contribution in [0.15, 0.2) is 67.1 Å². The fraction of sp³-hybridized carbons (Fsp3) is 0.333. The van der Waals surface area contributed by atoms with Crippen molar-refractivity contribution >= 4 is 17.4 Å². The number of carbonyl (C=O) groups excluding carboxylic acids is 1. The number of aromatic nitrogens is 5. The largest absolute Gasteiger partial charge is 0.462 e. The Morgan fingerprint density at radius 3 is 2.80 bits per heavy atom. The molecule has 10 nitrogen and oxygen atoms in total. The molecule has 0 bridgehead atoms. The molecule has 40 heavy (non-hydrogen) atoms. The van der Waals surface area contributed by atoms with Crippen LogP contribution in [-0.4, -0.2) is 70.2 Å². The molecule has 206 valence electrons. The van der Waals surface area contributed by atoms with E-state index >= 15 is 0 Å². The van der Waals surface area contributed by atoms with E-state index in [-0.39, 0.29) is 18.8 Å². The van der Waals surface area contributed by atoms with Gasteiger partial charge >= 0.3 is 5.97 Å². The Morgan fingerprint density at radius 2 is 2.00 bits per heavy atom. The van der Waals surface area contributed by atoms with Gasteiger partial charge in [0, 0.05) is 56.9 Å². The fourth-order valence-electron chi connectivity index (χ4n) is 5.42. The van der Waals surface area contributed by atoms with Crippen LogP contribution in [0.25, 0.3) is 28.3 Å². The van der Waals surface area contributed by atoms with E-state index in [1.807, 2.05) is 49.8 Å². The number of fused-ring (bicyclic) bond motifs is 2. The third-order valence-electron chi connectivity index (χ3n) is 7.41. The van der Waals surface area contributed by atoms with Crippen LogP contribution in [0.1, 0.15) is 35.3 Å². The molecule has 1 fully saturated rings. The molecule has 5 heterocycles. The van der Waals surface area contributed by atoms with Crippen molar-refractivity contribution < 1.29 is 19.0 Å². The molecule has 0 radical (unpaired) electrons. The third-order valence-corrected chi connectivity index (χ3v) is 7.41. The van der Waals surface area contributed by atoms with Crippen LogP contribution in [0.4, 0.5) is 5.82 Å². The highest BCUT2D eigenvalue weighted by atomic mass is 16.5.